The van der Waals surface area contributed by atoms with E-state index in [1.54, 1.807) is 34.8 Å². The molecule has 0 saturated heterocycles. The third kappa shape index (κ3) is 2.06. The van der Waals surface area contributed by atoms with Crippen molar-refractivity contribution < 1.29 is 9.90 Å². The van der Waals surface area contributed by atoms with E-state index in [0.29, 0.717) is 30.0 Å². The van der Waals surface area contributed by atoms with Crippen LogP contribution in [0, 0.1) is 6.92 Å². The zero-order valence-electron chi connectivity index (χ0n) is 10.5. The fourth-order valence-electron chi connectivity index (χ4n) is 1.93. The van der Waals surface area contributed by atoms with Crippen LogP contribution >= 0.6 is 0 Å². The summed E-state index contributed by atoms with van der Waals surface area (Å²) in [7, 11) is 0. The van der Waals surface area contributed by atoms with Crippen LogP contribution in [0.3, 0.4) is 0 Å². The van der Waals surface area contributed by atoms with Gasteiger partial charge in [-0.25, -0.2) is 9.50 Å². The van der Waals surface area contributed by atoms with Crippen molar-refractivity contribution in [1.82, 2.24) is 19.5 Å². The predicted octanol–water partition coefficient (Wildman–Crippen LogP) is 0.492. The van der Waals surface area contributed by atoms with Gasteiger partial charge in [0.05, 0.1) is 12.3 Å². The molecule has 2 rings (SSSR count). The third-order valence-electron chi connectivity index (χ3n) is 2.82. The third-order valence-corrected chi connectivity index (χ3v) is 2.82. The van der Waals surface area contributed by atoms with Gasteiger partial charge in [0.25, 0.3) is 5.91 Å². The fraction of sp³-hybridized carbons (Fsp3) is 0.417. The van der Waals surface area contributed by atoms with Crippen LogP contribution in [0.15, 0.2) is 18.5 Å². The molecule has 1 N–H and O–H groups in total. The van der Waals surface area contributed by atoms with Crippen molar-refractivity contribution in [3.05, 3.63) is 29.7 Å². The van der Waals surface area contributed by atoms with Crippen LogP contribution in [-0.2, 0) is 0 Å². The van der Waals surface area contributed by atoms with E-state index in [9.17, 15) is 4.79 Å². The van der Waals surface area contributed by atoms with Crippen molar-refractivity contribution >= 4 is 11.6 Å². The maximum Gasteiger partial charge on any atom is 0.259 e. The van der Waals surface area contributed by atoms with Crippen molar-refractivity contribution in [3.63, 3.8) is 0 Å². The van der Waals surface area contributed by atoms with Crippen LogP contribution < -0.4 is 0 Å². The molecule has 0 saturated carbocycles. The number of amides is 1. The van der Waals surface area contributed by atoms with E-state index in [4.69, 9.17) is 5.11 Å². The molecule has 0 fully saturated rings. The molecule has 0 spiro atoms. The van der Waals surface area contributed by atoms with E-state index in [0.717, 1.165) is 0 Å². The fourth-order valence-corrected chi connectivity index (χ4v) is 1.93. The summed E-state index contributed by atoms with van der Waals surface area (Å²) in [5, 5.41) is 13.2. The highest BCUT2D eigenvalue weighted by molar-refractivity contribution is 6.00. The SMILES string of the molecule is CCN(CCO)C(=O)c1c(C)nn2cccnc12. The zero-order chi connectivity index (χ0) is 13.1. The Morgan fingerprint density at radius 2 is 2.33 bits per heavy atom. The monoisotopic (exact) mass is 248 g/mol. The van der Waals surface area contributed by atoms with E-state index >= 15 is 0 Å². The highest BCUT2D eigenvalue weighted by Gasteiger charge is 2.22. The summed E-state index contributed by atoms with van der Waals surface area (Å²) in [6.07, 6.45) is 3.39. The molecule has 0 aromatic carbocycles. The molecule has 0 radical (unpaired) electrons. The number of carbonyl (C=O) groups is 1. The molecule has 0 unspecified atom stereocenters. The Hall–Kier alpha value is -1.95. The second kappa shape index (κ2) is 5.14. The number of aliphatic hydroxyl groups excluding tert-OH is 1. The molecule has 2 aromatic rings. The summed E-state index contributed by atoms with van der Waals surface area (Å²) in [6, 6.07) is 1.76. The molecule has 96 valence electrons. The summed E-state index contributed by atoms with van der Waals surface area (Å²) in [5.41, 5.74) is 1.71. The summed E-state index contributed by atoms with van der Waals surface area (Å²) in [6.45, 7) is 4.48. The molecule has 2 heterocycles. The van der Waals surface area contributed by atoms with Crippen molar-refractivity contribution in [2.45, 2.75) is 13.8 Å². The molecular weight excluding hydrogens is 232 g/mol. The van der Waals surface area contributed by atoms with Crippen molar-refractivity contribution in [2.24, 2.45) is 0 Å². The van der Waals surface area contributed by atoms with Crippen LogP contribution in [0.5, 0.6) is 0 Å². The lowest BCUT2D eigenvalue weighted by Crippen LogP contribution is -2.33. The van der Waals surface area contributed by atoms with E-state index in [1.807, 2.05) is 6.92 Å². The first-order chi connectivity index (χ1) is 8.69. The average molecular weight is 248 g/mol. The van der Waals surface area contributed by atoms with Crippen LogP contribution in [0.1, 0.15) is 23.0 Å². The molecule has 0 atom stereocenters. The van der Waals surface area contributed by atoms with Gasteiger partial charge in [0.15, 0.2) is 5.65 Å². The van der Waals surface area contributed by atoms with Crippen molar-refractivity contribution in [2.75, 3.05) is 19.7 Å². The van der Waals surface area contributed by atoms with Crippen LogP contribution in [0.2, 0.25) is 0 Å². The summed E-state index contributed by atoms with van der Waals surface area (Å²) in [5.74, 6) is -0.141. The predicted molar refractivity (Wildman–Crippen MR) is 66.4 cm³/mol. The number of aliphatic hydroxyl groups is 1. The van der Waals surface area contributed by atoms with Gasteiger partial charge in [-0.1, -0.05) is 0 Å². The molecule has 0 aliphatic carbocycles. The Labute approximate surface area is 105 Å². The van der Waals surface area contributed by atoms with Gasteiger partial charge < -0.3 is 10.0 Å². The van der Waals surface area contributed by atoms with Gasteiger partial charge in [0, 0.05) is 25.5 Å². The van der Waals surface area contributed by atoms with Crippen LogP contribution in [-0.4, -0.2) is 50.2 Å². The van der Waals surface area contributed by atoms with E-state index in [-0.39, 0.29) is 12.5 Å². The topological polar surface area (TPSA) is 70.7 Å². The summed E-state index contributed by atoms with van der Waals surface area (Å²) in [4.78, 5) is 18.2. The van der Waals surface area contributed by atoms with E-state index in [1.165, 1.54) is 0 Å². The standard InChI is InChI=1S/C12H16N4O2/c1-3-15(7-8-17)12(18)10-9(2)14-16-6-4-5-13-11(10)16/h4-6,17H,3,7-8H2,1-2H3. The minimum Gasteiger partial charge on any atom is -0.395 e. The van der Waals surface area contributed by atoms with Gasteiger partial charge in [-0.05, 0) is 19.9 Å². The van der Waals surface area contributed by atoms with E-state index < -0.39 is 0 Å². The molecule has 6 heteroatoms. The number of hydrogen-bond donors (Lipinski definition) is 1. The minimum absolute atomic E-state index is 0.0503. The average Bonchev–Trinajstić information content (AvgIpc) is 2.71. The first-order valence-corrected chi connectivity index (χ1v) is 5.89. The normalized spacial score (nSPS) is 10.8. The molecule has 0 aliphatic heterocycles. The number of aryl methyl sites for hydroxylation is 1. The maximum atomic E-state index is 12.4. The summed E-state index contributed by atoms with van der Waals surface area (Å²) >= 11 is 0. The molecule has 0 aliphatic rings. The van der Waals surface area contributed by atoms with Gasteiger partial charge >= 0.3 is 0 Å². The number of nitrogens with zero attached hydrogens (tertiary/aromatic N) is 4. The minimum atomic E-state index is -0.141. The molecular formula is C12H16N4O2. The lowest BCUT2D eigenvalue weighted by atomic mass is 10.2. The Balaban J connectivity index is 2.46. The molecule has 0 bridgehead atoms. The second-order valence-electron chi connectivity index (χ2n) is 3.96. The van der Waals surface area contributed by atoms with Crippen molar-refractivity contribution in [1.29, 1.82) is 0 Å². The van der Waals surface area contributed by atoms with Crippen LogP contribution in [0.4, 0.5) is 0 Å². The second-order valence-corrected chi connectivity index (χ2v) is 3.96. The van der Waals surface area contributed by atoms with Gasteiger partial charge in [-0.3, -0.25) is 4.79 Å². The summed E-state index contributed by atoms with van der Waals surface area (Å²) < 4.78 is 1.59. The maximum absolute atomic E-state index is 12.4. The van der Waals surface area contributed by atoms with Crippen molar-refractivity contribution in [3.8, 4) is 0 Å². The quantitative estimate of drug-likeness (QED) is 0.855. The molecule has 1 amide bonds. The van der Waals surface area contributed by atoms with Crippen LogP contribution in [0.25, 0.3) is 5.65 Å². The zero-order valence-corrected chi connectivity index (χ0v) is 10.5. The number of likely N-dealkylation sites (N-methyl/N-ethyl adjacent to an activating group) is 1. The Morgan fingerprint density at radius 1 is 1.56 bits per heavy atom. The van der Waals surface area contributed by atoms with Gasteiger partial charge in [0.2, 0.25) is 0 Å². The number of carbonyl (C=O) groups excluding carboxylic acids is 1. The lowest BCUT2D eigenvalue weighted by molar-refractivity contribution is 0.0733. The molecule has 6 nitrogen and oxygen atoms in total. The Morgan fingerprint density at radius 3 is 3.00 bits per heavy atom. The van der Waals surface area contributed by atoms with E-state index in [2.05, 4.69) is 10.1 Å². The molecule has 18 heavy (non-hydrogen) atoms. The largest absolute Gasteiger partial charge is 0.395 e. The molecule has 2 aromatic heterocycles. The Bertz CT molecular complexity index is 564. The highest BCUT2D eigenvalue weighted by atomic mass is 16.3. The number of rotatable bonds is 4. The van der Waals surface area contributed by atoms with Gasteiger partial charge in [-0.2, -0.15) is 5.10 Å². The van der Waals surface area contributed by atoms with Gasteiger partial charge in [-0.15, -0.1) is 0 Å². The number of hydrogen-bond acceptors (Lipinski definition) is 4. The smallest absolute Gasteiger partial charge is 0.259 e. The first-order valence-electron chi connectivity index (χ1n) is 5.89. The number of fused-ring (bicyclic) bond motifs is 1. The highest BCUT2D eigenvalue weighted by Crippen LogP contribution is 2.15. The van der Waals surface area contributed by atoms with Gasteiger partial charge in [0.1, 0.15) is 5.56 Å². The lowest BCUT2D eigenvalue weighted by Gasteiger charge is -2.19. The number of aromatic nitrogens is 3. The Kier molecular flexibility index (Phi) is 3.57. The first kappa shape index (κ1) is 12.5.